The number of halogens is 4. The van der Waals surface area contributed by atoms with Crippen LogP contribution in [0.5, 0.6) is 0 Å². The number of rotatable bonds is 7. The molecule has 0 fully saturated rings. The Balaban J connectivity index is 0.00000364. The number of hydrogen-bond acceptors (Lipinski definition) is 5. The average Bonchev–Trinajstić information content (AvgIpc) is 3.28. The summed E-state index contributed by atoms with van der Waals surface area (Å²) in [6.45, 7) is 1.20. The molecule has 0 atom stereocenters. The fraction of sp³-hybridized carbons (Fsp3) is 0.400. The Morgan fingerprint density at radius 2 is 1.96 bits per heavy atom. The lowest BCUT2D eigenvalue weighted by molar-refractivity contribution is -0.140. The summed E-state index contributed by atoms with van der Waals surface area (Å²) in [4.78, 5) is 20.0. The van der Waals surface area contributed by atoms with Crippen LogP contribution in [-0.2, 0) is 12.7 Å². The highest BCUT2D eigenvalue weighted by Crippen LogP contribution is 2.29. The molecule has 0 bridgehead atoms. The SMILES string of the molecule is CN=C(NCCCNC(=O)c1cccs1)NCc1nc(C(F)(F)F)cs1.I. The van der Waals surface area contributed by atoms with Gasteiger partial charge in [0.05, 0.1) is 11.4 Å². The lowest BCUT2D eigenvalue weighted by Crippen LogP contribution is -2.38. The summed E-state index contributed by atoms with van der Waals surface area (Å²) in [5.41, 5.74) is -0.885. The van der Waals surface area contributed by atoms with Crippen molar-refractivity contribution in [2.45, 2.75) is 19.1 Å². The maximum Gasteiger partial charge on any atom is 0.434 e. The molecule has 0 spiro atoms. The van der Waals surface area contributed by atoms with Crippen molar-refractivity contribution in [1.82, 2.24) is 20.9 Å². The summed E-state index contributed by atoms with van der Waals surface area (Å²) in [5, 5.41) is 11.9. The molecule has 6 nitrogen and oxygen atoms in total. The standard InChI is InChI=1S/C15H18F3N5OS2.HI/c1-19-14(22-8-12-23-11(9-26-12)15(16,17)18)21-6-3-5-20-13(24)10-4-2-7-25-10;/h2,4,7,9H,3,5-6,8H2,1H3,(H,20,24)(H2,19,21,22);1H. The molecule has 0 saturated carbocycles. The molecule has 0 radical (unpaired) electrons. The van der Waals surface area contributed by atoms with E-state index in [2.05, 4.69) is 25.9 Å². The first-order valence-electron chi connectivity index (χ1n) is 7.68. The largest absolute Gasteiger partial charge is 0.434 e. The van der Waals surface area contributed by atoms with Crippen LogP contribution in [0.15, 0.2) is 27.9 Å². The highest BCUT2D eigenvalue weighted by molar-refractivity contribution is 14.0. The molecule has 2 rings (SSSR count). The maximum atomic E-state index is 12.5. The molecule has 0 aliphatic carbocycles. The first kappa shape index (κ1) is 23.6. The van der Waals surface area contributed by atoms with Crippen LogP contribution in [0.1, 0.15) is 26.8 Å². The van der Waals surface area contributed by atoms with Gasteiger partial charge in [0, 0.05) is 25.5 Å². The van der Waals surface area contributed by atoms with Crippen molar-refractivity contribution in [3.63, 3.8) is 0 Å². The van der Waals surface area contributed by atoms with Gasteiger partial charge in [0.15, 0.2) is 11.7 Å². The number of carbonyl (C=O) groups excluding carboxylic acids is 1. The fourth-order valence-electron chi connectivity index (χ4n) is 1.89. The molecular formula is C15H19F3IN5OS2. The van der Waals surface area contributed by atoms with Gasteiger partial charge in [-0.2, -0.15) is 13.2 Å². The van der Waals surface area contributed by atoms with Gasteiger partial charge in [0.1, 0.15) is 5.01 Å². The summed E-state index contributed by atoms with van der Waals surface area (Å²) < 4.78 is 37.5. The van der Waals surface area contributed by atoms with E-state index in [0.717, 1.165) is 16.7 Å². The number of amides is 1. The van der Waals surface area contributed by atoms with Crippen LogP contribution in [0.4, 0.5) is 13.2 Å². The zero-order valence-corrected chi connectivity index (χ0v) is 18.3. The van der Waals surface area contributed by atoms with E-state index in [4.69, 9.17) is 0 Å². The van der Waals surface area contributed by atoms with Gasteiger partial charge in [-0.15, -0.1) is 46.7 Å². The van der Waals surface area contributed by atoms with Gasteiger partial charge in [0.25, 0.3) is 5.91 Å². The Hall–Kier alpha value is -1.41. The average molecular weight is 533 g/mol. The number of nitrogens with zero attached hydrogens (tertiary/aromatic N) is 2. The van der Waals surface area contributed by atoms with E-state index in [0.29, 0.717) is 35.4 Å². The summed E-state index contributed by atoms with van der Waals surface area (Å²) in [7, 11) is 1.57. The predicted octanol–water partition coefficient (Wildman–Crippen LogP) is 3.33. The van der Waals surface area contributed by atoms with Crippen molar-refractivity contribution in [2.24, 2.45) is 4.99 Å². The van der Waals surface area contributed by atoms with Gasteiger partial charge in [-0.25, -0.2) is 4.98 Å². The van der Waals surface area contributed by atoms with Crippen molar-refractivity contribution in [3.8, 4) is 0 Å². The molecule has 2 aromatic heterocycles. The quantitative estimate of drug-likeness (QED) is 0.221. The molecule has 0 unspecified atom stereocenters. The van der Waals surface area contributed by atoms with Crippen LogP contribution in [-0.4, -0.2) is 37.0 Å². The Labute approximate surface area is 179 Å². The molecular weight excluding hydrogens is 514 g/mol. The molecule has 3 N–H and O–H groups in total. The number of carbonyl (C=O) groups is 1. The zero-order chi connectivity index (χ0) is 19.0. The molecule has 0 aromatic carbocycles. The second-order valence-corrected chi connectivity index (χ2v) is 6.95. The Morgan fingerprint density at radius 1 is 1.22 bits per heavy atom. The summed E-state index contributed by atoms with van der Waals surface area (Å²) in [6, 6.07) is 3.57. The van der Waals surface area contributed by atoms with Gasteiger partial charge < -0.3 is 16.0 Å². The normalized spacial score (nSPS) is 11.6. The predicted molar refractivity (Wildman–Crippen MR) is 112 cm³/mol. The van der Waals surface area contributed by atoms with Crippen LogP contribution in [0.25, 0.3) is 0 Å². The Kier molecular flexibility index (Phi) is 10.0. The maximum absolute atomic E-state index is 12.5. The van der Waals surface area contributed by atoms with Gasteiger partial charge >= 0.3 is 6.18 Å². The number of nitrogens with one attached hydrogen (secondary N) is 3. The van der Waals surface area contributed by atoms with Gasteiger partial charge in [0.2, 0.25) is 0 Å². The Bertz CT molecular complexity index is 734. The Morgan fingerprint density at radius 3 is 2.56 bits per heavy atom. The fourth-order valence-corrected chi connectivity index (χ4v) is 3.27. The molecule has 0 aliphatic rings. The molecule has 0 saturated heterocycles. The number of thiazole rings is 1. The van der Waals surface area contributed by atoms with Crippen molar-refractivity contribution >= 4 is 58.5 Å². The first-order chi connectivity index (χ1) is 12.4. The van der Waals surface area contributed by atoms with Crippen molar-refractivity contribution in [3.05, 3.63) is 38.5 Å². The van der Waals surface area contributed by atoms with E-state index in [1.54, 1.807) is 13.1 Å². The monoisotopic (exact) mass is 533 g/mol. The van der Waals surface area contributed by atoms with Crippen LogP contribution in [0.3, 0.4) is 0 Å². The third-order valence-corrected chi connectivity index (χ3v) is 4.87. The molecule has 27 heavy (non-hydrogen) atoms. The molecule has 150 valence electrons. The minimum atomic E-state index is -4.43. The van der Waals surface area contributed by atoms with Crippen LogP contribution in [0, 0.1) is 0 Å². The second kappa shape index (κ2) is 11.4. The van der Waals surface area contributed by atoms with E-state index < -0.39 is 11.9 Å². The molecule has 2 heterocycles. The van der Waals surface area contributed by atoms with E-state index in [1.165, 1.54) is 11.3 Å². The van der Waals surface area contributed by atoms with E-state index >= 15 is 0 Å². The number of guanidine groups is 1. The van der Waals surface area contributed by atoms with Crippen molar-refractivity contribution in [1.29, 1.82) is 0 Å². The highest BCUT2D eigenvalue weighted by atomic mass is 127. The third kappa shape index (κ3) is 8.01. The van der Waals surface area contributed by atoms with Crippen LogP contribution < -0.4 is 16.0 Å². The topological polar surface area (TPSA) is 78.4 Å². The first-order valence-corrected chi connectivity index (χ1v) is 9.44. The van der Waals surface area contributed by atoms with Gasteiger partial charge in [-0.1, -0.05) is 6.07 Å². The minimum absolute atomic E-state index is 0. The number of aromatic nitrogens is 1. The molecule has 1 amide bonds. The van der Waals surface area contributed by atoms with Crippen molar-refractivity contribution < 1.29 is 18.0 Å². The molecule has 2 aromatic rings. The van der Waals surface area contributed by atoms with Crippen LogP contribution in [0.2, 0.25) is 0 Å². The lowest BCUT2D eigenvalue weighted by Gasteiger charge is -2.11. The van der Waals surface area contributed by atoms with Crippen molar-refractivity contribution in [2.75, 3.05) is 20.1 Å². The number of hydrogen-bond donors (Lipinski definition) is 3. The second-order valence-electron chi connectivity index (χ2n) is 5.06. The third-order valence-electron chi connectivity index (χ3n) is 3.15. The van der Waals surface area contributed by atoms with Gasteiger partial charge in [-0.3, -0.25) is 9.79 Å². The van der Waals surface area contributed by atoms with E-state index in [-0.39, 0.29) is 36.4 Å². The number of alkyl halides is 3. The van der Waals surface area contributed by atoms with Gasteiger partial charge in [-0.05, 0) is 17.9 Å². The smallest absolute Gasteiger partial charge is 0.356 e. The molecule has 12 heteroatoms. The zero-order valence-electron chi connectivity index (χ0n) is 14.3. The summed E-state index contributed by atoms with van der Waals surface area (Å²) >= 11 is 2.32. The number of aliphatic imine (C=N–C) groups is 1. The van der Waals surface area contributed by atoms with Crippen LogP contribution >= 0.6 is 46.7 Å². The summed E-state index contributed by atoms with van der Waals surface area (Å²) in [5.74, 6) is 0.352. The lowest BCUT2D eigenvalue weighted by atomic mass is 10.4. The van der Waals surface area contributed by atoms with E-state index in [1.807, 2.05) is 11.4 Å². The summed E-state index contributed by atoms with van der Waals surface area (Å²) in [6.07, 6.45) is -3.75. The minimum Gasteiger partial charge on any atom is -0.356 e. The highest BCUT2D eigenvalue weighted by Gasteiger charge is 2.33. The number of thiophene rings is 1. The van der Waals surface area contributed by atoms with E-state index in [9.17, 15) is 18.0 Å². The molecule has 0 aliphatic heterocycles.